The van der Waals surface area contributed by atoms with Crippen LogP contribution in [0, 0.1) is 13.8 Å². The van der Waals surface area contributed by atoms with Gasteiger partial charge >= 0.3 is 6.03 Å². The van der Waals surface area contributed by atoms with E-state index >= 15 is 0 Å². The van der Waals surface area contributed by atoms with Crippen LogP contribution in [-0.4, -0.2) is 30.3 Å². The number of H-pyrrole nitrogens is 1. The van der Waals surface area contributed by atoms with Crippen molar-refractivity contribution in [2.45, 2.75) is 13.8 Å². The Morgan fingerprint density at radius 3 is 2.60 bits per heavy atom. The zero-order valence-corrected chi connectivity index (χ0v) is 12.1. The van der Waals surface area contributed by atoms with Gasteiger partial charge in [0.1, 0.15) is 0 Å². The number of nitrogens with one attached hydrogen (secondary N) is 3. The first kappa shape index (κ1) is 13.9. The Balaban J connectivity index is 2.10. The molecular weight excluding hydrogens is 254 g/mol. The van der Waals surface area contributed by atoms with Crippen molar-refractivity contribution < 1.29 is 4.79 Å². The van der Waals surface area contributed by atoms with Gasteiger partial charge in [-0.1, -0.05) is 6.07 Å². The zero-order valence-electron chi connectivity index (χ0n) is 12.1. The van der Waals surface area contributed by atoms with Crippen molar-refractivity contribution in [2.24, 2.45) is 0 Å². The molecular formula is C14H19N5O. The topological polar surface area (TPSA) is 73.1 Å². The van der Waals surface area contributed by atoms with Crippen molar-refractivity contribution in [3.05, 3.63) is 35.5 Å². The molecule has 2 amide bonds. The lowest BCUT2D eigenvalue weighted by molar-refractivity contribution is 0.262. The number of amides is 2. The molecule has 0 aliphatic carbocycles. The second-order valence-corrected chi connectivity index (χ2v) is 4.86. The zero-order chi connectivity index (χ0) is 14.7. The lowest BCUT2D eigenvalue weighted by atomic mass is 10.1. The highest BCUT2D eigenvalue weighted by Crippen LogP contribution is 2.25. The number of aryl methyl sites for hydroxylation is 1. The molecule has 0 unspecified atom stereocenters. The first-order chi connectivity index (χ1) is 9.47. The van der Waals surface area contributed by atoms with Crippen LogP contribution in [0.1, 0.15) is 11.3 Å². The summed E-state index contributed by atoms with van der Waals surface area (Å²) in [5.74, 6) is 0.501. The van der Waals surface area contributed by atoms with E-state index in [1.807, 2.05) is 51.0 Å². The summed E-state index contributed by atoms with van der Waals surface area (Å²) in [5.41, 5.74) is 3.76. The van der Waals surface area contributed by atoms with Gasteiger partial charge in [0.25, 0.3) is 0 Å². The molecule has 0 saturated carbocycles. The number of hydrogen-bond acceptors (Lipinski definition) is 3. The van der Waals surface area contributed by atoms with E-state index in [-0.39, 0.29) is 6.03 Å². The molecule has 0 bridgehead atoms. The van der Waals surface area contributed by atoms with Crippen molar-refractivity contribution in [1.82, 2.24) is 10.2 Å². The molecule has 3 N–H and O–H groups in total. The smallest absolute Gasteiger partial charge is 0.324 e. The summed E-state index contributed by atoms with van der Waals surface area (Å²) in [6, 6.07) is 7.25. The Morgan fingerprint density at radius 1 is 1.25 bits per heavy atom. The van der Waals surface area contributed by atoms with Crippen LogP contribution < -0.4 is 15.5 Å². The summed E-state index contributed by atoms with van der Waals surface area (Å²) >= 11 is 0. The van der Waals surface area contributed by atoms with Crippen LogP contribution in [0.4, 0.5) is 22.0 Å². The number of carbonyl (C=O) groups excluding carboxylic acids is 1. The van der Waals surface area contributed by atoms with Crippen molar-refractivity contribution in [2.75, 3.05) is 29.6 Å². The number of aromatic nitrogens is 2. The number of anilines is 3. The monoisotopic (exact) mass is 273 g/mol. The molecule has 6 heteroatoms. The van der Waals surface area contributed by atoms with Gasteiger partial charge in [-0.2, -0.15) is 5.10 Å². The molecule has 2 aromatic rings. The van der Waals surface area contributed by atoms with Gasteiger partial charge in [-0.3, -0.25) is 10.4 Å². The molecule has 0 atom stereocenters. The van der Waals surface area contributed by atoms with Gasteiger partial charge in [-0.05, 0) is 31.5 Å². The molecule has 20 heavy (non-hydrogen) atoms. The molecule has 0 saturated heterocycles. The first-order valence-corrected chi connectivity index (χ1v) is 6.34. The van der Waals surface area contributed by atoms with E-state index in [9.17, 15) is 4.79 Å². The van der Waals surface area contributed by atoms with E-state index in [2.05, 4.69) is 20.8 Å². The molecule has 6 nitrogen and oxygen atoms in total. The molecule has 0 fully saturated rings. The SMILES string of the molecule is Cc1cc(NC(=O)Nc2cccc(N(C)C)c2C)n[nH]1. The Morgan fingerprint density at radius 2 is 2.00 bits per heavy atom. The predicted octanol–water partition coefficient (Wildman–Crippen LogP) is 2.74. The number of carbonyl (C=O) groups is 1. The van der Waals surface area contributed by atoms with Crippen molar-refractivity contribution >= 4 is 23.2 Å². The van der Waals surface area contributed by atoms with E-state index in [0.29, 0.717) is 5.82 Å². The van der Waals surface area contributed by atoms with Crippen LogP contribution in [0.2, 0.25) is 0 Å². The second-order valence-electron chi connectivity index (χ2n) is 4.86. The van der Waals surface area contributed by atoms with Crippen molar-refractivity contribution in [3.8, 4) is 0 Å². The second kappa shape index (κ2) is 5.64. The van der Waals surface area contributed by atoms with Crippen LogP contribution in [0.3, 0.4) is 0 Å². The van der Waals surface area contributed by atoms with Gasteiger partial charge in [0.2, 0.25) is 0 Å². The van der Waals surface area contributed by atoms with Crippen LogP contribution in [-0.2, 0) is 0 Å². The Labute approximate surface area is 118 Å². The van der Waals surface area contributed by atoms with Gasteiger partial charge in [-0.25, -0.2) is 4.79 Å². The fourth-order valence-electron chi connectivity index (χ4n) is 2.00. The fourth-order valence-corrected chi connectivity index (χ4v) is 2.00. The minimum Gasteiger partial charge on any atom is -0.377 e. The third kappa shape index (κ3) is 3.09. The molecule has 0 spiro atoms. The molecule has 0 aliphatic rings. The summed E-state index contributed by atoms with van der Waals surface area (Å²) in [6.07, 6.45) is 0. The third-order valence-corrected chi connectivity index (χ3v) is 2.98. The van der Waals surface area contributed by atoms with Gasteiger partial charge in [0.15, 0.2) is 5.82 Å². The van der Waals surface area contributed by atoms with Gasteiger partial charge in [-0.15, -0.1) is 0 Å². The summed E-state index contributed by atoms with van der Waals surface area (Å²) in [5, 5.41) is 12.2. The maximum Gasteiger partial charge on any atom is 0.324 e. The van der Waals surface area contributed by atoms with Crippen molar-refractivity contribution in [3.63, 3.8) is 0 Å². The maximum absolute atomic E-state index is 11.9. The molecule has 1 aromatic heterocycles. The highest BCUT2D eigenvalue weighted by molar-refractivity contribution is 6.00. The number of urea groups is 1. The highest BCUT2D eigenvalue weighted by Gasteiger charge is 2.09. The lowest BCUT2D eigenvalue weighted by Gasteiger charge is -2.18. The number of aromatic amines is 1. The van der Waals surface area contributed by atoms with E-state index in [1.165, 1.54) is 0 Å². The minimum atomic E-state index is -0.310. The predicted molar refractivity (Wildman–Crippen MR) is 81.5 cm³/mol. The van der Waals surface area contributed by atoms with Crippen LogP contribution in [0.15, 0.2) is 24.3 Å². The van der Waals surface area contributed by atoms with E-state index in [1.54, 1.807) is 6.07 Å². The Hall–Kier alpha value is -2.50. The first-order valence-electron chi connectivity index (χ1n) is 6.34. The fraction of sp³-hybridized carbons (Fsp3) is 0.286. The quantitative estimate of drug-likeness (QED) is 0.805. The summed E-state index contributed by atoms with van der Waals surface area (Å²) in [7, 11) is 3.94. The number of benzene rings is 1. The minimum absolute atomic E-state index is 0.310. The lowest BCUT2D eigenvalue weighted by Crippen LogP contribution is -2.21. The summed E-state index contributed by atoms with van der Waals surface area (Å²) in [4.78, 5) is 13.9. The average molecular weight is 273 g/mol. The van der Waals surface area contributed by atoms with Gasteiger partial charge in [0.05, 0.1) is 0 Å². The Bertz CT molecular complexity index is 618. The number of rotatable bonds is 3. The van der Waals surface area contributed by atoms with Gasteiger partial charge in [0, 0.05) is 37.2 Å². The standard InChI is InChI=1S/C14H19N5O/c1-9-8-13(18-17-9)16-14(20)15-11-6-5-7-12(10(11)2)19(3)4/h5-8H,1-4H3,(H3,15,16,17,18,20). The molecule has 1 heterocycles. The molecule has 0 aliphatic heterocycles. The van der Waals surface area contributed by atoms with E-state index < -0.39 is 0 Å². The van der Waals surface area contributed by atoms with Crippen molar-refractivity contribution in [1.29, 1.82) is 0 Å². The number of nitrogens with zero attached hydrogens (tertiary/aromatic N) is 2. The normalized spacial score (nSPS) is 10.2. The molecule has 0 radical (unpaired) electrons. The molecule has 2 rings (SSSR count). The van der Waals surface area contributed by atoms with E-state index in [4.69, 9.17) is 0 Å². The summed E-state index contributed by atoms with van der Waals surface area (Å²) < 4.78 is 0. The van der Waals surface area contributed by atoms with Crippen LogP contribution in [0.5, 0.6) is 0 Å². The van der Waals surface area contributed by atoms with Crippen LogP contribution >= 0.6 is 0 Å². The number of hydrogen-bond donors (Lipinski definition) is 3. The largest absolute Gasteiger partial charge is 0.377 e. The summed E-state index contributed by atoms with van der Waals surface area (Å²) in [6.45, 7) is 3.85. The maximum atomic E-state index is 11.9. The molecule has 1 aromatic carbocycles. The van der Waals surface area contributed by atoms with Crippen LogP contribution in [0.25, 0.3) is 0 Å². The highest BCUT2D eigenvalue weighted by atomic mass is 16.2. The Kier molecular flexibility index (Phi) is 3.93. The van der Waals surface area contributed by atoms with E-state index in [0.717, 1.165) is 22.6 Å². The third-order valence-electron chi connectivity index (χ3n) is 2.98. The average Bonchev–Trinajstić information content (AvgIpc) is 2.77. The van der Waals surface area contributed by atoms with Gasteiger partial charge < -0.3 is 10.2 Å². The molecule has 106 valence electrons.